The lowest BCUT2D eigenvalue weighted by atomic mass is 10.6. The van der Waals surface area contributed by atoms with Gasteiger partial charge in [-0.3, -0.25) is 4.57 Å². The van der Waals surface area contributed by atoms with Gasteiger partial charge in [0.05, 0.1) is 0 Å². The van der Waals surface area contributed by atoms with Gasteiger partial charge in [0.15, 0.2) is 11.8 Å². The maximum atomic E-state index is 9.02. The van der Waals surface area contributed by atoms with Gasteiger partial charge in [0.2, 0.25) is 0 Å². The summed E-state index contributed by atoms with van der Waals surface area (Å²) in [5.74, 6) is 0.106. The van der Waals surface area contributed by atoms with Crippen LogP contribution < -0.4 is 0 Å². The first-order valence-corrected chi connectivity index (χ1v) is 2.94. The standard InChI is InChI=1S/C7H9NO2/c1-2-5-8-6(9)3-4-7(8)10/h2-4,9-10H,1,5H2. The Bertz CT molecular complexity index is 220. The van der Waals surface area contributed by atoms with Crippen LogP contribution in [0.2, 0.25) is 0 Å². The van der Waals surface area contributed by atoms with Crippen LogP contribution in [-0.4, -0.2) is 14.8 Å². The molecule has 3 nitrogen and oxygen atoms in total. The summed E-state index contributed by atoms with van der Waals surface area (Å²) in [7, 11) is 0. The van der Waals surface area contributed by atoms with Crippen LogP contribution >= 0.6 is 0 Å². The highest BCUT2D eigenvalue weighted by Gasteiger charge is 2.01. The zero-order valence-electron chi connectivity index (χ0n) is 5.49. The molecule has 0 aliphatic heterocycles. The number of allylic oxidation sites excluding steroid dienone is 1. The molecule has 1 rings (SSSR count). The molecule has 3 heteroatoms. The Hall–Kier alpha value is -1.38. The summed E-state index contributed by atoms with van der Waals surface area (Å²) in [4.78, 5) is 0. The van der Waals surface area contributed by atoms with Gasteiger partial charge in [-0.05, 0) is 0 Å². The molecule has 0 saturated carbocycles. The van der Waals surface area contributed by atoms with Gasteiger partial charge >= 0.3 is 0 Å². The van der Waals surface area contributed by atoms with Crippen molar-refractivity contribution >= 4 is 0 Å². The monoisotopic (exact) mass is 139 g/mol. The van der Waals surface area contributed by atoms with Crippen molar-refractivity contribution in [1.82, 2.24) is 4.57 Å². The third-order valence-electron chi connectivity index (χ3n) is 1.25. The van der Waals surface area contributed by atoms with Gasteiger partial charge in [-0.2, -0.15) is 0 Å². The minimum Gasteiger partial charge on any atom is -0.494 e. The lowest BCUT2D eigenvalue weighted by molar-refractivity contribution is 0.379. The van der Waals surface area contributed by atoms with Crippen molar-refractivity contribution in [3.63, 3.8) is 0 Å². The molecule has 0 aromatic carbocycles. The first kappa shape index (κ1) is 6.74. The third kappa shape index (κ3) is 0.978. The summed E-state index contributed by atoms with van der Waals surface area (Å²) in [6.45, 7) is 3.90. The van der Waals surface area contributed by atoms with E-state index in [2.05, 4.69) is 6.58 Å². The molecular formula is C7H9NO2. The summed E-state index contributed by atoms with van der Waals surface area (Å²) < 4.78 is 1.34. The van der Waals surface area contributed by atoms with Crippen molar-refractivity contribution in [3.8, 4) is 11.8 Å². The molecule has 0 radical (unpaired) electrons. The maximum Gasteiger partial charge on any atom is 0.194 e. The van der Waals surface area contributed by atoms with Crippen LogP contribution in [0.3, 0.4) is 0 Å². The average molecular weight is 139 g/mol. The van der Waals surface area contributed by atoms with Gasteiger partial charge in [-0.15, -0.1) is 6.58 Å². The van der Waals surface area contributed by atoms with Crippen molar-refractivity contribution in [2.45, 2.75) is 6.54 Å². The van der Waals surface area contributed by atoms with Crippen molar-refractivity contribution in [2.24, 2.45) is 0 Å². The van der Waals surface area contributed by atoms with Gasteiger partial charge in [0.1, 0.15) is 0 Å². The van der Waals surface area contributed by atoms with Crippen molar-refractivity contribution < 1.29 is 10.2 Å². The summed E-state index contributed by atoms with van der Waals surface area (Å²) in [6.07, 6.45) is 1.60. The van der Waals surface area contributed by atoms with E-state index in [0.717, 1.165) is 0 Å². The fraction of sp³-hybridized carbons (Fsp3) is 0.143. The molecule has 0 atom stereocenters. The van der Waals surface area contributed by atoms with E-state index in [4.69, 9.17) is 10.2 Å². The van der Waals surface area contributed by atoms with Crippen LogP contribution in [0, 0.1) is 0 Å². The van der Waals surface area contributed by atoms with E-state index in [9.17, 15) is 0 Å². The minimum atomic E-state index is 0.0531. The summed E-state index contributed by atoms with van der Waals surface area (Å²) in [5, 5.41) is 18.0. The first-order chi connectivity index (χ1) is 4.75. The molecule has 0 aliphatic carbocycles. The first-order valence-electron chi connectivity index (χ1n) is 2.94. The van der Waals surface area contributed by atoms with E-state index in [0.29, 0.717) is 6.54 Å². The number of hydrogen-bond acceptors (Lipinski definition) is 2. The second kappa shape index (κ2) is 2.47. The lowest BCUT2D eigenvalue weighted by Crippen LogP contribution is -1.91. The van der Waals surface area contributed by atoms with Crippen LogP contribution in [-0.2, 0) is 6.54 Å². The molecule has 1 aromatic rings. The zero-order chi connectivity index (χ0) is 7.56. The summed E-state index contributed by atoms with van der Waals surface area (Å²) in [5.41, 5.74) is 0. The number of rotatable bonds is 2. The van der Waals surface area contributed by atoms with E-state index >= 15 is 0 Å². The number of nitrogens with zero attached hydrogens (tertiary/aromatic N) is 1. The lowest BCUT2D eigenvalue weighted by Gasteiger charge is -2.00. The Morgan fingerprint density at radius 3 is 2.30 bits per heavy atom. The Morgan fingerprint density at radius 2 is 1.90 bits per heavy atom. The second-order valence-corrected chi connectivity index (χ2v) is 1.95. The summed E-state index contributed by atoms with van der Waals surface area (Å²) >= 11 is 0. The van der Waals surface area contributed by atoms with E-state index in [1.165, 1.54) is 16.7 Å². The molecule has 0 spiro atoms. The smallest absolute Gasteiger partial charge is 0.194 e. The Labute approximate surface area is 58.8 Å². The van der Waals surface area contributed by atoms with Gasteiger partial charge in [0, 0.05) is 18.7 Å². The minimum absolute atomic E-state index is 0.0531. The molecule has 0 amide bonds. The molecule has 10 heavy (non-hydrogen) atoms. The maximum absolute atomic E-state index is 9.02. The molecule has 0 saturated heterocycles. The number of hydrogen-bond donors (Lipinski definition) is 2. The predicted octanol–water partition coefficient (Wildman–Crippen LogP) is 1.09. The highest BCUT2D eigenvalue weighted by molar-refractivity contribution is 5.24. The van der Waals surface area contributed by atoms with Crippen LogP contribution in [0.15, 0.2) is 24.8 Å². The van der Waals surface area contributed by atoms with Crippen LogP contribution in [0.1, 0.15) is 0 Å². The largest absolute Gasteiger partial charge is 0.494 e. The fourth-order valence-electron chi connectivity index (χ4n) is 0.763. The van der Waals surface area contributed by atoms with E-state index < -0.39 is 0 Å². The molecule has 1 aromatic heterocycles. The second-order valence-electron chi connectivity index (χ2n) is 1.95. The summed E-state index contributed by atoms with van der Waals surface area (Å²) in [6, 6.07) is 2.86. The quantitative estimate of drug-likeness (QED) is 0.602. The molecule has 54 valence electrons. The van der Waals surface area contributed by atoms with E-state index in [-0.39, 0.29) is 11.8 Å². The third-order valence-corrected chi connectivity index (χ3v) is 1.25. The van der Waals surface area contributed by atoms with Crippen molar-refractivity contribution in [1.29, 1.82) is 0 Å². The van der Waals surface area contributed by atoms with Crippen molar-refractivity contribution in [3.05, 3.63) is 24.8 Å². The molecule has 2 N–H and O–H groups in total. The Morgan fingerprint density at radius 1 is 1.40 bits per heavy atom. The molecular weight excluding hydrogens is 130 g/mol. The van der Waals surface area contributed by atoms with Crippen LogP contribution in [0.5, 0.6) is 11.8 Å². The highest BCUT2D eigenvalue weighted by atomic mass is 16.3. The number of aromatic hydroxyl groups is 2. The van der Waals surface area contributed by atoms with Crippen LogP contribution in [0.25, 0.3) is 0 Å². The topological polar surface area (TPSA) is 45.4 Å². The van der Waals surface area contributed by atoms with Crippen molar-refractivity contribution in [2.75, 3.05) is 0 Å². The predicted molar refractivity (Wildman–Crippen MR) is 38.0 cm³/mol. The average Bonchev–Trinajstić information content (AvgIpc) is 2.20. The molecule has 0 unspecified atom stereocenters. The van der Waals surface area contributed by atoms with E-state index in [1.54, 1.807) is 6.08 Å². The fourth-order valence-corrected chi connectivity index (χ4v) is 0.763. The van der Waals surface area contributed by atoms with Gasteiger partial charge in [0.25, 0.3) is 0 Å². The molecule has 0 bridgehead atoms. The van der Waals surface area contributed by atoms with Gasteiger partial charge < -0.3 is 10.2 Å². The molecule has 0 aliphatic rings. The normalized spacial score (nSPS) is 9.60. The van der Waals surface area contributed by atoms with E-state index in [1.807, 2.05) is 0 Å². The molecule has 0 fully saturated rings. The zero-order valence-corrected chi connectivity index (χ0v) is 5.49. The molecule has 1 heterocycles. The Kier molecular flexibility index (Phi) is 1.67. The SMILES string of the molecule is C=CCn1c(O)ccc1O. The highest BCUT2D eigenvalue weighted by Crippen LogP contribution is 2.19. The van der Waals surface area contributed by atoms with Gasteiger partial charge in [-0.25, -0.2) is 0 Å². The van der Waals surface area contributed by atoms with Crippen LogP contribution in [0.4, 0.5) is 0 Å². The van der Waals surface area contributed by atoms with Gasteiger partial charge in [-0.1, -0.05) is 6.08 Å². The number of aromatic nitrogens is 1. The Balaban J connectivity index is 2.97.